The Morgan fingerprint density at radius 3 is 2.58 bits per heavy atom. The highest BCUT2D eigenvalue weighted by Crippen LogP contribution is 2.35. The summed E-state index contributed by atoms with van der Waals surface area (Å²) in [5, 5.41) is 0. The number of hydrogen-bond donors (Lipinski definition) is 1. The van der Waals surface area contributed by atoms with Crippen LogP contribution in [0.2, 0.25) is 0 Å². The molecule has 0 aliphatic carbocycles. The highest BCUT2D eigenvalue weighted by atomic mass is 15.1. The van der Waals surface area contributed by atoms with Gasteiger partial charge in [0, 0.05) is 24.5 Å². The molecule has 2 heteroatoms. The van der Waals surface area contributed by atoms with Gasteiger partial charge in [-0.05, 0) is 41.7 Å². The van der Waals surface area contributed by atoms with Crippen LogP contribution in [-0.2, 0) is 13.0 Å². The molecule has 0 bridgehead atoms. The first-order chi connectivity index (χ1) is 9.28. The molecule has 2 aromatic rings. The number of fused-ring (bicyclic) bond motifs is 1. The van der Waals surface area contributed by atoms with Crippen LogP contribution in [0, 0.1) is 5.92 Å². The minimum atomic E-state index is 0.604. The van der Waals surface area contributed by atoms with Crippen molar-refractivity contribution in [1.82, 2.24) is 0 Å². The second-order valence-corrected chi connectivity index (χ2v) is 5.42. The summed E-state index contributed by atoms with van der Waals surface area (Å²) < 4.78 is 0. The lowest BCUT2D eigenvalue weighted by molar-refractivity contribution is 0.562. The lowest BCUT2D eigenvalue weighted by atomic mass is 9.93. The van der Waals surface area contributed by atoms with Gasteiger partial charge in [0.2, 0.25) is 0 Å². The topological polar surface area (TPSA) is 29.3 Å². The molecular formula is C17H20N2. The molecule has 2 aromatic carbocycles. The van der Waals surface area contributed by atoms with Crippen LogP contribution in [0.1, 0.15) is 18.1 Å². The van der Waals surface area contributed by atoms with Gasteiger partial charge in [-0.15, -0.1) is 0 Å². The third-order valence-corrected chi connectivity index (χ3v) is 3.83. The van der Waals surface area contributed by atoms with Gasteiger partial charge < -0.3 is 10.6 Å². The molecule has 3 rings (SSSR count). The van der Waals surface area contributed by atoms with Crippen molar-refractivity contribution >= 4 is 11.4 Å². The molecule has 1 atom stereocenters. The van der Waals surface area contributed by atoms with Crippen molar-refractivity contribution in [2.75, 3.05) is 11.4 Å². The number of nitrogens with two attached hydrogens (primary N) is 1. The van der Waals surface area contributed by atoms with Crippen molar-refractivity contribution in [2.45, 2.75) is 19.9 Å². The summed E-state index contributed by atoms with van der Waals surface area (Å²) in [6.07, 6.45) is 1.17. The van der Waals surface area contributed by atoms with Crippen LogP contribution in [0.3, 0.4) is 0 Å². The normalized spacial score (nSPS) is 18.2. The van der Waals surface area contributed by atoms with E-state index in [1.807, 2.05) is 0 Å². The first-order valence-electron chi connectivity index (χ1n) is 6.92. The second-order valence-electron chi connectivity index (χ2n) is 5.42. The molecule has 1 aliphatic rings. The molecule has 1 unspecified atom stereocenters. The fraction of sp³-hybridized carbons (Fsp3) is 0.294. The maximum atomic E-state index is 5.66. The SMILES string of the molecule is CC1Cc2ccccc2N(c2ccc(CN)cc2)C1. The monoisotopic (exact) mass is 252 g/mol. The van der Waals surface area contributed by atoms with Crippen LogP contribution < -0.4 is 10.6 Å². The molecule has 0 aromatic heterocycles. The van der Waals surface area contributed by atoms with E-state index in [-0.39, 0.29) is 0 Å². The lowest BCUT2D eigenvalue weighted by Crippen LogP contribution is -2.30. The van der Waals surface area contributed by atoms with E-state index in [2.05, 4.69) is 60.4 Å². The second kappa shape index (κ2) is 5.06. The number of rotatable bonds is 2. The number of nitrogens with zero attached hydrogens (tertiary/aromatic N) is 1. The van der Waals surface area contributed by atoms with E-state index in [9.17, 15) is 0 Å². The number of benzene rings is 2. The first-order valence-corrected chi connectivity index (χ1v) is 6.92. The van der Waals surface area contributed by atoms with Gasteiger partial charge in [-0.1, -0.05) is 37.3 Å². The molecular weight excluding hydrogens is 232 g/mol. The van der Waals surface area contributed by atoms with Gasteiger partial charge in [0.25, 0.3) is 0 Å². The Balaban J connectivity index is 1.99. The van der Waals surface area contributed by atoms with Gasteiger partial charge in [0.1, 0.15) is 0 Å². The lowest BCUT2D eigenvalue weighted by Gasteiger charge is -2.35. The van der Waals surface area contributed by atoms with Gasteiger partial charge in [0.05, 0.1) is 0 Å². The Morgan fingerprint density at radius 1 is 1.11 bits per heavy atom. The summed E-state index contributed by atoms with van der Waals surface area (Å²) in [5.74, 6) is 0.684. The van der Waals surface area contributed by atoms with Crippen LogP contribution in [0.25, 0.3) is 0 Å². The van der Waals surface area contributed by atoms with E-state index in [1.54, 1.807) is 0 Å². The van der Waals surface area contributed by atoms with Crippen LogP contribution in [0.15, 0.2) is 48.5 Å². The van der Waals surface area contributed by atoms with E-state index in [0.29, 0.717) is 12.5 Å². The highest BCUT2D eigenvalue weighted by Gasteiger charge is 2.22. The fourth-order valence-electron chi connectivity index (χ4n) is 2.85. The third kappa shape index (κ3) is 2.36. The van der Waals surface area contributed by atoms with Crippen molar-refractivity contribution in [3.63, 3.8) is 0 Å². The smallest absolute Gasteiger partial charge is 0.0443 e. The molecule has 0 saturated carbocycles. The zero-order valence-electron chi connectivity index (χ0n) is 11.3. The highest BCUT2D eigenvalue weighted by molar-refractivity contribution is 5.68. The van der Waals surface area contributed by atoms with Crippen LogP contribution in [0.5, 0.6) is 0 Å². The zero-order valence-corrected chi connectivity index (χ0v) is 11.3. The maximum absolute atomic E-state index is 5.66. The molecule has 98 valence electrons. The summed E-state index contributed by atoms with van der Waals surface area (Å²) >= 11 is 0. The third-order valence-electron chi connectivity index (χ3n) is 3.83. The molecule has 2 N–H and O–H groups in total. The van der Waals surface area contributed by atoms with Crippen molar-refractivity contribution in [2.24, 2.45) is 11.7 Å². The molecule has 0 fully saturated rings. The summed E-state index contributed by atoms with van der Waals surface area (Å²) in [5.41, 5.74) is 10.9. The van der Waals surface area contributed by atoms with Crippen molar-refractivity contribution in [3.05, 3.63) is 59.7 Å². The maximum Gasteiger partial charge on any atom is 0.0443 e. The Morgan fingerprint density at radius 2 is 1.84 bits per heavy atom. The molecule has 2 nitrogen and oxygen atoms in total. The Bertz CT molecular complexity index is 560. The molecule has 1 heterocycles. The van der Waals surface area contributed by atoms with Crippen molar-refractivity contribution < 1.29 is 0 Å². The van der Waals surface area contributed by atoms with Crippen LogP contribution in [-0.4, -0.2) is 6.54 Å². The van der Waals surface area contributed by atoms with Gasteiger partial charge in [-0.2, -0.15) is 0 Å². The quantitative estimate of drug-likeness (QED) is 0.886. The first kappa shape index (κ1) is 12.2. The standard InChI is InChI=1S/C17H20N2/c1-13-10-15-4-2-3-5-17(15)19(12-13)16-8-6-14(11-18)7-9-16/h2-9,13H,10-12,18H2,1H3. The summed E-state index contributed by atoms with van der Waals surface area (Å²) in [6.45, 7) is 4.00. The van der Waals surface area contributed by atoms with Crippen molar-refractivity contribution in [1.29, 1.82) is 0 Å². The Labute approximate surface area is 114 Å². The van der Waals surface area contributed by atoms with E-state index in [1.165, 1.54) is 28.9 Å². The van der Waals surface area contributed by atoms with Gasteiger partial charge in [-0.25, -0.2) is 0 Å². The number of para-hydroxylation sites is 1. The van der Waals surface area contributed by atoms with Gasteiger partial charge in [-0.3, -0.25) is 0 Å². The predicted octanol–water partition coefficient (Wildman–Crippen LogP) is 3.48. The van der Waals surface area contributed by atoms with E-state index in [0.717, 1.165) is 6.54 Å². The Kier molecular flexibility index (Phi) is 3.26. The average Bonchev–Trinajstić information content (AvgIpc) is 2.46. The summed E-state index contributed by atoms with van der Waals surface area (Å²) in [4.78, 5) is 2.42. The molecule has 0 amide bonds. The van der Waals surface area contributed by atoms with Gasteiger partial charge in [0.15, 0.2) is 0 Å². The van der Waals surface area contributed by atoms with Crippen LogP contribution >= 0.6 is 0 Å². The fourth-order valence-corrected chi connectivity index (χ4v) is 2.85. The van der Waals surface area contributed by atoms with E-state index < -0.39 is 0 Å². The zero-order chi connectivity index (χ0) is 13.2. The average molecular weight is 252 g/mol. The molecule has 19 heavy (non-hydrogen) atoms. The molecule has 0 radical (unpaired) electrons. The summed E-state index contributed by atoms with van der Waals surface area (Å²) in [7, 11) is 0. The molecule has 0 saturated heterocycles. The van der Waals surface area contributed by atoms with E-state index in [4.69, 9.17) is 5.73 Å². The summed E-state index contributed by atoms with van der Waals surface area (Å²) in [6, 6.07) is 17.3. The number of anilines is 2. The molecule has 0 spiro atoms. The van der Waals surface area contributed by atoms with E-state index >= 15 is 0 Å². The largest absolute Gasteiger partial charge is 0.341 e. The van der Waals surface area contributed by atoms with Crippen molar-refractivity contribution in [3.8, 4) is 0 Å². The Hall–Kier alpha value is -1.80. The minimum absolute atomic E-state index is 0.604. The molecule has 1 aliphatic heterocycles. The number of hydrogen-bond acceptors (Lipinski definition) is 2. The van der Waals surface area contributed by atoms with Gasteiger partial charge >= 0.3 is 0 Å². The minimum Gasteiger partial charge on any atom is -0.341 e. The van der Waals surface area contributed by atoms with Crippen LogP contribution in [0.4, 0.5) is 11.4 Å². The predicted molar refractivity (Wildman–Crippen MR) is 80.6 cm³/mol.